The lowest BCUT2D eigenvalue weighted by molar-refractivity contribution is 0.264. The van der Waals surface area contributed by atoms with Crippen molar-refractivity contribution >= 4 is 6.08 Å². The van der Waals surface area contributed by atoms with Crippen LogP contribution in [0.25, 0.3) is 6.08 Å². The summed E-state index contributed by atoms with van der Waals surface area (Å²) >= 11 is 0. The number of nitrogens with one attached hydrogen (secondary N) is 1. The van der Waals surface area contributed by atoms with Gasteiger partial charge in [-0.25, -0.2) is 0 Å². The van der Waals surface area contributed by atoms with Crippen molar-refractivity contribution in [2.75, 3.05) is 13.2 Å². The third-order valence-corrected chi connectivity index (χ3v) is 2.85. The van der Waals surface area contributed by atoms with E-state index in [1.165, 1.54) is 11.1 Å². The molecule has 0 amide bonds. The molecule has 1 rings (SSSR count). The van der Waals surface area contributed by atoms with Gasteiger partial charge in [-0.2, -0.15) is 0 Å². The predicted molar refractivity (Wildman–Crippen MR) is 73.9 cm³/mol. The van der Waals surface area contributed by atoms with Crippen molar-refractivity contribution < 1.29 is 5.11 Å². The minimum absolute atomic E-state index is 0.257. The van der Waals surface area contributed by atoms with Crippen LogP contribution in [-0.2, 0) is 0 Å². The Bertz CT molecular complexity index is 332. The van der Waals surface area contributed by atoms with Gasteiger partial charge in [0.05, 0.1) is 0 Å². The van der Waals surface area contributed by atoms with E-state index in [1.807, 2.05) is 18.2 Å². The zero-order chi connectivity index (χ0) is 12.5. The molecular formula is C15H23NO. The second-order valence-electron chi connectivity index (χ2n) is 4.40. The van der Waals surface area contributed by atoms with Gasteiger partial charge < -0.3 is 10.4 Å². The number of aliphatic hydroxyl groups excluding tert-OH is 1. The van der Waals surface area contributed by atoms with Crippen molar-refractivity contribution in [1.29, 1.82) is 0 Å². The van der Waals surface area contributed by atoms with Crippen molar-refractivity contribution in [3.63, 3.8) is 0 Å². The molecule has 1 atom stereocenters. The first-order valence-electron chi connectivity index (χ1n) is 6.32. The Hall–Kier alpha value is -1.12. The minimum atomic E-state index is 0.257. The summed E-state index contributed by atoms with van der Waals surface area (Å²) < 4.78 is 0. The van der Waals surface area contributed by atoms with Gasteiger partial charge in [0.2, 0.25) is 0 Å². The van der Waals surface area contributed by atoms with Crippen LogP contribution in [0.2, 0.25) is 0 Å². The zero-order valence-electron chi connectivity index (χ0n) is 10.8. The van der Waals surface area contributed by atoms with Crippen molar-refractivity contribution in [1.82, 2.24) is 5.32 Å². The molecule has 0 aliphatic heterocycles. The summed E-state index contributed by atoms with van der Waals surface area (Å²) in [6.45, 7) is 5.41. The molecule has 1 aromatic carbocycles. The van der Waals surface area contributed by atoms with Crippen LogP contribution >= 0.6 is 0 Å². The lowest BCUT2D eigenvalue weighted by Crippen LogP contribution is -2.30. The number of hydrogen-bond acceptors (Lipinski definition) is 2. The summed E-state index contributed by atoms with van der Waals surface area (Å²) in [6.07, 6.45) is 4.08. The third-order valence-electron chi connectivity index (χ3n) is 2.85. The molecule has 0 aliphatic rings. The highest BCUT2D eigenvalue weighted by molar-refractivity contribution is 5.52. The molecule has 17 heavy (non-hydrogen) atoms. The van der Waals surface area contributed by atoms with E-state index in [0.29, 0.717) is 6.04 Å². The number of benzene rings is 1. The smallest absolute Gasteiger partial charge is 0.0445 e. The highest BCUT2D eigenvalue weighted by Gasteiger charge is 2.03. The van der Waals surface area contributed by atoms with E-state index in [2.05, 4.69) is 37.4 Å². The van der Waals surface area contributed by atoms with Gasteiger partial charge in [-0.15, -0.1) is 0 Å². The Morgan fingerprint density at radius 2 is 2.06 bits per heavy atom. The molecule has 94 valence electrons. The van der Waals surface area contributed by atoms with Gasteiger partial charge in [0.15, 0.2) is 0 Å². The van der Waals surface area contributed by atoms with Crippen LogP contribution in [0.5, 0.6) is 0 Å². The van der Waals surface area contributed by atoms with Gasteiger partial charge in [-0.05, 0) is 25.3 Å². The molecule has 0 fully saturated rings. The van der Waals surface area contributed by atoms with Gasteiger partial charge in [0.1, 0.15) is 0 Å². The van der Waals surface area contributed by atoms with Gasteiger partial charge >= 0.3 is 0 Å². The van der Waals surface area contributed by atoms with Crippen molar-refractivity contribution in [3.05, 3.63) is 41.5 Å². The summed E-state index contributed by atoms with van der Waals surface area (Å²) in [7, 11) is 0. The average molecular weight is 233 g/mol. The molecule has 1 aromatic rings. The molecule has 1 unspecified atom stereocenters. The topological polar surface area (TPSA) is 32.3 Å². The largest absolute Gasteiger partial charge is 0.396 e. The Labute approximate surface area is 104 Å². The van der Waals surface area contributed by atoms with E-state index < -0.39 is 0 Å². The third kappa shape index (κ3) is 5.66. The first-order valence-corrected chi connectivity index (χ1v) is 6.32. The van der Waals surface area contributed by atoms with E-state index in [9.17, 15) is 0 Å². The molecule has 0 saturated carbocycles. The van der Waals surface area contributed by atoms with Gasteiger partial charge in [0.25, 0.3) is 0 Å². The molecule has 0 radical (unpaired) electrons. The Morgan fingerprint density at radius 1 is 1.35 bits per heavy atom. The standard InChI is InChI=1S/C15H23NO/c1-3-15(9-10-17)16-12-13(2)11-14-7-5-4-6-8-14/h4-8,11,15-17H,3,9-10,12H2,1-2H3/b13-11+. The Balaban J connectivity index is 2.43. The lowest BCUT2D eigenvalue weighted by atomic mass is 10.1. The van der Waals surface area contributed by atoms with Crippen LogP contribution in [0.3, 0.4) is 0 Å². The molecule has 0 bridgehead atoms. The summed E-state index contributed by atoms with van der Waals surface area (Å²) in [5.74, 6) is 0. The molecule has 0 aliphatic carbocycles. The second kappa shape index (κ2) is 8.04. The molecule has 0 heterocycles. The summed E-state index contributed by atoms with van der Waals surface area (Å²) in [4.78, 5) is 0. The van der Waals surface area contributed by atoms with Gasteiger partial charge in [-0.1, -0.05) is 48.9 Å². The van der Waals surface area contributed by atoms with E-state index in [4.69, 9.17) is 5.11 Å². The van der Waals surface area contributed by atoms with Crippen LogP contribution in [0.1, 0.15) is 32.3 Å². The minimum Gasteiger partial charge on any atom is -0.396 e. The van der Waals surface area contributed by atoms with Crippen LogP contribution in [0.4, 0.5) is 0 Å². The van der Waals surface area contributed by atoms with E-state index >= 15 is 0 Å². The molecule has 2 heteroatoms. The number of aliphatic hydroxyl groups is 1. The SMILES string of the molecule is CCC(CCO)NC/C(C)=C/c1ccccc1. The molecular weight excluding hydrogens is 210 g/mol. The van der Waals surface area contributed by atoms with E-state index in [-0.39, 0.29) is 6.61 Å². The number of rotatable bonds is 7. The fourth-order valence-electron chi connectivity index (χ4n) is 1.80. The normalized spacial score (nSPS) is 13.7. The Morgan fingerprint density at radius 3 is 2.65 bits per heavy atom. The quantitative estimate of drug-likeness (QED) is 0.759. The van der Waals surface area contributed by atoms with Gasteiger partial charge in [-0.3, -0.25) is 0 Å². The fraction of sp³-hybridized carbons (Fsp3) is 0.467. The van der Waals surface area contributed by atoms with Crippen LogP contribution in [0, 0.1) is 0 Å². The maximum absolute atomic E-state index is 8.91. The lowest BCUT2D eigenvalue weighted by Gasteiger charge is -2.15. The van der Waals surface area contributed by atoms with Crippen LogP contribution in [-0.4, -0.2) is 24.3 Å². The van der Waals surface area contributed by atoms with Crippen molar-refractivity contribution in [2.45, 2.75) is 32.7 Å². The van der Waals surface area contributed by atoms with E-state index in [1.54, 1.807) is 0 Å². The first kappa shape index (κ1) is 13.9. The maximum atomic E-state index is 8.91. The van der Waals surface area contributed by atoms with Gasteiger partial charge in [0, 0.05) is 19.2 Å². The van der Waals surface area contributed by atoms with Crippen LogP contribution in [0.15, 0.2) is 35.9 Å². The maximum Gasteiger partial charge on any atom is 0.0445 e. The molecule has 0 saturated heterocycles. The summed E-state index contributed by atoms with van der Waals surface area (Å²) in [5, 5.41) is 12.4. The number of hydrogen-bond donors (Lipinski definition) is 2. The van der Waals surface area contributed by atoms with Crippen molar-refractivity contribution in [3.8, 4) is 0 Å². The highest BCUT2D eigenvalue weighted by atomic mass is 16.3. The highest BCUT2D eigenvalue weighted by Crippen LogP contribution is 2.06. The zero-order valence-corrected chi connectivity index (χ0v) is 10.8. The monoisotopic (exact) mass is 233 g/mol. The second-order valence-corrected chi connectivity index (χ2v) is 4.40. The summed E-state index contributed by atoms with van der Waals surface area (Å²) in [5.41, 5.74) is 2.55. The Kier molecular flexibility index (Phi) is 6.60. The molecule has 0 spiro atoms. The summed E-state index contributed by atoms with van der Waals surface area (Å²) in [6, 6.07) is 10.8. The molecule has 0 aromatic heterocycles. The average Bonchev–Trinajstić information content (AvgIpc) is 2.35. The van der Waals surface area contributed by atoms with Crippen LogP contribution < -0.4 is 5.32 Å². The fourth-order valence-corrected chi connectivity index (χ4v) is 1.80. The van der Waals surface area contributed by atoms with E-state index in [0.717, 1.165) is 19.4 Å². The predicted octanol–water partition coefficient (Wildman–Crippen LogP) is 2.84. The molecule has 2 N–H and O–H groups in total. The van der Waals surface area contributed by atoms with Crippen molar-refractivity contribution in [2.24, 2.45) is 0 Å². The molecule has 2 nitrogen and oxygen atoms in total. The first-order chi connectivity index (χ1) is 8.26.